The highest BCUT2D eigenvalue weighted by Gasteiger charge is 2.19. The molecule has 4 heteroatoms. The zero-order valence-corrected chi connectivity index (χ0v) is 10.2. The quantitative estimate of drug-likeness (QED) is 0.701. The van der Waals surface area contributed by atoms with E-state index in [0.717, 1.165) is 38.8 Å². The Morgan fingerprint density at radius 2 is 2.06 bits per heavy atom. The first-order valence-corrected chi connectivity index (χ1v) is 6.06. The van der Waals surface area contributed by atoms with Crippen LogP contribution < -0.4 is 5.32 Å². The second kappa shape index (κ2) is 6.63. The largest absolute Gasteiger partial charge is 0.355 e. The fourth-order valence-electron chi connectivity index (χ4n) is 1.82. The maximum atomic E-state index is 11.5. The van der Waals surface area contributed by atoms with Crippen LogP contribution in [0.3, 0.4) is 0 Å². The van der Waals surface area contributed by atoms with Crippen molar-refractivity contribution in [2.45, 2.75) is 26.7 Å². The topological polar surface area (TPSA) is 49.4 Å². The van der Waals surface area contributed by atoms with Crippen molar-refractivity contribution in [3.05, 3.63) is 0 Å². The number of aldehydes is 1. The van der Waals surface area contributed by atoms with E-state index in [4.69, 9.17) is 0 Å². The molecule has 0 aliphatic carbocycles. The van der Waals surface area contributed by atoms with Gasteiger partial charge in [0.25, 0.3) is 0 Å². The number of piperidine rings is 1. The molecular formula is C12H22N2O2. The molecule has 0 aromatic carbocycles. The van der Waals surface area contributed by atoms with Crippen LogP contribution in [0, 0.1) is 11.8 Å². The molecule has 1 amide bonds. The Morgan fingerprint density at radius 3 is 2.56 bits per heavy atom. The molecule has 1 heterocycles. The molecule has 0 aromatic heterocycles. The van der Waals surface area contributed by atoms with Crippen LogP contribution in [0.25, 0.3) is 0 Å². The molecule has 1 saturated heterocycles. The van der Waals surface area contributed by atoms with E-state index < -0.39 is 0 Å². The van der Waals surface area contributed by atoms with Gasteiger partial charge in [0.1, 0.15) is 6.29 Å². The van der Waals surface area contributed by atoms with Crippen LogP contribution in [0.2, 0.25) is 0 Å². The average Bonchev–Trinajstić information content (AvgIpc) is 2.27. The standard InChI is InChI=1S/C12H22N2O2/c1-10(2)7-13-12(16)8-14-5-3-11(9-15)4-6-14/h9-11H,3-8H2,1-2H3,(H,13,16). The van der Waals surface area contributed by atoms with Crippen molar-refractivity contribution in [3.8, 4) is 0 Å². The maximum absolute atomic E-state index is 11.5. The number of hydrogen-bond acceptors (Lipinski definition) is 3. The van der Waals surface area contributed by atoms with E-state index in [1.54, 1.807) is 0 Å². The number of nitrogens with zero attached hydrogens (tertiary/aromatic N) is 1. The Hall–Kier alpha value is -0.900. The zero-order valence-electron chi connectivity index (χ0n) is 10.2. The second-order valence-electron chi connectivity index (χ2n) is 4.95. The molecule has 1 rings (SSSR count). The number of carbonyl (C=O) groups excluding carboxylic acids is 2. The third-order valence-corrected chi connectivity index (χ3v) is 2.90. The van der Waals surface area contributed by atoms with Gasteiger partial charge in [0.2, 0.25) is 5.91 Å². The predicted octanol–water partition coefficient (Wildman–Crippen LogP) is 0.670. The van der Waals surface area contributed by atoms with Crippen molar-refractivity contribution in [2.75, 3.05) is 26.2 Å². The first-order valence-electron chi connectivity index (χ1n) is 6.06. The lowest BCUT2D eigenvalue weighted by atomic mass is 9.99. The summed E-state index contributed by atoms with van der Waals surface area (Å²) in [5.41, 5.74) is 0. The van der Waals surface area contributed by atoms with Crippen LogP contribution >= 0.6 is 0 Å². The summed E-state index contributed by atoms with van der Waals surface area (Å²) < 4.78 is 0. The molecule has 1 aliphatic heterocycles. The Morgan fingerprint density at radius 1 is 1.44 bits per heavy atom. The Labute approximate surface area is 97.4 Å². The van der Waals surface area contributed by atoms with Crippen molar-refractivity contribution < 1.29 is 9.59 Å². The molecule has 0 radical (unpaired) electrons. The Kier molecular flexibility index (Phi) is 5.46. The average molecular weight is 226 g/mol. The summed E-state index contributed by atoms with van der Waals surface area (Å²) in [5.74, 6) is 0.790. The lowest BCUT2D eigenvalue weighted by molar-refractivity contribution is -0.122. The Bertz CT molecular complexity index is 233. The van der Waals surface area contributed by atoms with Crippen molar-refractivity contribution in [3.63, 3.8) is 0 Å². The third kappa shape index (κ3) is 4.75. The highest BCUT2D eigenvalue weighted by atomic mass is 16.2. The summed E-state index contributed by atoms with van der Waals surface area (Å²) >= 11 is 0. The normalized spacial score (nSPS) is 18.7. The number of amides is 1. The summed E-state index contributed by atoms with van der Waals surface area (Å²) in [6.45, 7) is 7.09. The molecule has 0 spiro atoms. The minimum atomic E-state index is 0.0956. The van der Waals surface area contributed by atoms with Crippen LogP contribution in [-0.2, 0) is 9.59 Å². The first-order chi connectivity index (χ1) is 7.61. The summed E-state index contributed by atoms with van der Waals surface area (Å²) in [7, 11) is 0. The lowest BCUT2D eigenvalue weighted by Crippen LogP contribution is -2.42. The van der Waals surface area contributed by atoms with Gasteiger partial charge in [-0.2, -0.15) is 0 Å². The number of nitrogens with one attached hydrogen (secondary N) is 1. The van der Waals surface area contributed by atoms with Gasteiger partial charge < -0.3 is 10.1 Å². The van der Waals surface area contributed by atoms with Crippen LogP contribution in [-0.4, -0.2) is 43.3 Å². The molecule has 0 saturated carbocycles. The van der Waals surface area contributed by atoms with Crippen LogP contribution in [0.4, 0.5) is 0 Å². The van der Waals surface area contributed by atoms with Gasteiger partial charge in [-0.25, -0.2) is 0 Å². The van der Waals surface area contributed by atoms with Crippen molar-refractivity contribution in [1.29, 1.82) is 0 Å². The van der Waals surface area contributed by atoms with Crippen molar-refractivity contribution >= 4 is 12.2 Å². The molecule has 1 aliphatic rings. The molecule has 1 fully saturated rings. The van der Waals surface area contributed by atoms with E-state index in [1.807, 2.05) is 0 Å². The fourth-order valence-corrected chi connectivity index (χ4v) is 1.82. The van der Waals surface area contributed by atoms with E-state index in [1.165, 1.54) is 0 Å². The maximum Gasteiger partial charge on any atom is 0.234 e. The zero-order chi connectivity index (χ0) is 12.0. The number of carbonyl (C=O) groups is 2. The van der Waals surface area contributed by atoms with E-state index in [2.05, 4.69) is 24.1 Å². The van der Waals surface area contributed by atoms with Gasteiger partial charge in [-0.1, -0.05) is 13.8 Å². The molecule has 0 unspecified atom stereocenters. The van der Waals surface area contributed by atoms with E-state index in [9.17, 15) is 9.59 Å². The number of hydrogen-bond donors (Lipinski definition) is 1. The molecule has 4 nitrogen and oxygen atoms in total. The fraction of sp³-hybridized carbons (Fsp3) is 0.833. The molecule has 0 aromatic rings. The minimum Gasteiger partial charge on any atom is -0.355 e. The van der Waals surface area contributed by atoms with Gasteiger partial charge in [-0.15, -0.1) is 0 Å². The summed E-state index contributed by atoms with van der Waals surface area (Å²) in [6, 6.07) is 0. The highest BCUT2D eigenvalue weighted by molar-refractivity contribution is 5.78. The molecule has 0 atom stereocenters. The lowest BCUT2D eigenvalue weighted by Gasteiger charge is -2.28. The van der Waals surface area contributed by atoms with Crippen LogP contribution in [0.1, 0.15) is 26.7 Å². The third-order valence-electron chi connectivity index (χ3n) is 2.90. The molecule has 16 heavy (non-hydrogen) atoms. The summed E-state index contributed by atoms with van der Waals surface area (Å²) in [5, 5.41) is 2.90. The van der Waals surface area contributed by atoms with E-state index in [-0.39, 0.29) is 11.8 Å². The predicted molar refractivity (Wildman–Crippen MR) is 63.1 cm³/mol. The molecule has 0 bridgehead atoms. The monoisotopic (exact) mass is 226 g/mol. The SMILES string of the molecule is CC(C)CNC(=O)CN1CCC(C=O)CC1. The second-order valence-corrected chi connectivity index (χ2v) is 4.95. The van der Waals surface area contributed by atoms with E-state index >= 15 is 0 Å². The highest BCUT2D eigenvalue weighted by Crippen LogP contribution is 2.14. The van der Waals surface area contributed by atoms with Crippen LogP contribution in [0.5, 0.6) is 0 Å². The minimum absolute atomic E-state index is 0.0956. The van der Waals surface area contributed by atoms with Crippen LogP contribution in [0.15, 0.2) is 0 Å². The molecule has 1 N–H and O–H groups in total. The molecular weight excluding hydrogens is 204 g/mol. The summed E-state index contributed by atoms with van der Waals surface area (Å²) in [6.07, 6.45) is 2.82. The number of rotatable bonds is 5. The van der Waals surface area contributed by atoms with Gasteiger partial charge in [0, 0.05) is 12.5 Å². The van der Waals surface area contributed by atoms with Gasteiger partial charge in [0.15, 0.2) is 0 Å². The first kappa shape index (κ1) is 13.2. The van der Waals surface area contributed by atoms with Gasteiger partial charge in [-0.3, -0.25) is 9.69 Å². The molecule has 92 valence electrons. The van der Waals surface area contributed by atoms with Crippen molar-refractivity contribution in [1.82, 2.24) is 10.2 Å². The smallest absolute Gasteiger partial charge is 0.234 e. The van der Waals surface area contributed by atoms with Gasteiger partial charge >= 0.3 is 0 Å². The van der Waals surface area contributed by atoms with Crippen molar-refractivity contribution in [2.24, 2.45) is 11.8 Å². The summed E-state index contributed by atoms with van der Waals surface area (Å²) in [4.78, 5) is 24.2. The number of likely N-dealkylation sites (tertiary alicyclic amines) is 1. The van der Waals surface area contributed by atoms with E-state index in [0.29, 0.717) is 12.5 Å². The Balaban J connectivity index is 2.18. The van der Waals surface area contributed by atoms with Gasteiger partial charge in [0.05, 0.1) is 6.54 Å². The van der Waals surface area contributed by atoms with Gasteiger partial charge in [-0.05, 0) is 31.8 Å².